The Morgan fingerprint density at radius 1 is 1.14 bits per heavy atom. The topological polar surface area (TPSA) is 73.0 Å². The van der Waals surface area contributed by atoms with Gasteiger partial charge in [-0.15, -0.1) is 0 Å². The van der Waals surface area contributed by atoms with Crippen LogP contribution in [-0.4, -0.2) is 43.0 Å². The average Bonchev–Trinajstić information content (AvgIpc) is 3.14. The molecule has 1 saturated heterocycles. The number of likely N-dealkylation sites (tertiary alicyclic amines) is 1. The molecule has 0 N–H and O–H groups in total. The van der Waals surface area contributed by atoms with Gasteiger partial charge in [-0.2, -0.15) is 0 Å². The Morgan fingerprint density at radius 3 is 2.76 bits per heavy atom. The van der Waals surface area contributed by atoms with Crippen molar-refractivity contribution < 1.29 is 9.18 Å². The number of piperidine rings is 1. The Hall–Kier alpha value is -3.29. The number of carbonyl (C=O) groups is 1. The summed E-state index contributed by atoms with van der Waals surface area (Å²) in [6.45, 7) is 1.48. The molecule has 0 aromatic carbocycles. The highest BCUT2D eigenvalue weighted by atomic mass is 19.1. The minimum atomic E-state index is -0.607. The standard InChI is InChI=1S/C21H20FN5O2/c1-25-8-7-24-19(25)15-4-5-17-14-9-13(11-27(17)20(15)28)10-26(12-14)21(29)18-16(22)3-2-6-23-18/h2-8,13-14H,9-12H2,1H3/t13-,14+/m0/s1. The summed E-state index contributed by atoms with van der Waals surface area (Å²) in [5.74, 6) is -0.168. The minimum absolute atomic E-state index is 0.0429. The molecule has 7 nitrogen and oxygen atoms in total. The molecule has 5 rings (SSSR count). The summed E-state index contributed by atoms with van der Waals surface area (Å²) in [7, 11) is 1.86. The van der Waals surface area contributed by atoms with Crippen molar-refractivity contribution in [1.29, 1.82) is 0 Å². The normalized spacial score (nSPS) is 20.4. The van der Waals surface area contributed by atoms with Crippen LogP contribution in [0.1, 0.15) is 28.5 Å². The van der Waals surface area contributed by atoms with Crippen molar-refractivity contribution in [3.63, 3.8) is 0 Å². The fourth-order valence-corrected chi connectivity index (χ4v) is 4.60. The van der Waals surface area contributed by atoms with Gasteiger partial charge < -0.3 is 14.0 Å². The molecule has 0 aliphatic carbocycles. The van der Waals surface area contributed by atoms with Crippen molar-refractivity contribution in [1.82, 2.24) is 24.0 Å². The number of fused-ring (bicyclic) bond motifs is 4. The Bertz CT molecular complexity index is 1170. The van der Waals surface area contributed by atoms with E-state index in [1.54, 1.807) is 11.1 Å². The van der Waals surface area contributed by atoms with E-state index in [1.165, 1.54) is 18.3 Å². The molecule has 0 radical (unpaired) electrons. The van der Waals surface area contributed by atoms with Crippen LogP contribution in [0, 0.1) is 11.7 Å². The molecule has 29 heavy (non-hydrogen) atoms. The molecule has 2 aliphatic rings. The zero-order valence-corrected chi connectivity index (χ0v) is 16.0. The molecule has 8 heteroatoms. The zero-order valence-electron chi connectivity index (χ0n) is 16.0. The number of imidazole rings is 1. The monoisotopic (exact) mass is 393 g/mol. The second-order valence-electron chi connectivity index (χ2n) is 7.79. The van der Waals surface area contributed by atoms with Crippen molar-refractivity contribution in [2.75, 3.05) is 13.1 Å². The van der Waals surface area contributed by atoms with E-state index < -0.39 is 11.7 Å². The van der Waals surface area contributed by atoms with Crippen LogP contribution in [0.3, 0.4) is 0 Å². The number of nitrogens with zero attached hydrogens (tertiary/aromatic N) is 5. The molecule has 148 valence electrons. The molecule has 1 fully saturated rings. The van der Waals surface area contributed by atoms with Gasteiger partial charge in [-0.05, 0) is 36.6 Å². The lowest BCUT2D eigenvalue weighted by molar-refractivity contribution is 0.0584. The first-order valence-electron chi connectivity index (χ1n) is 9.64. The second kappa shape index (κ2) is 6.65. The lowest BCUT2D eigenvalue weighted by atomic mass is 9.82. The van der Waals surface area contributed by atoms with Crippen LogP contribution in [0.5, 0.6) is 0 Å². The number of aryl methyl sites for hydroxylation is 1. The van der Waals surface area contributed by atoms with Crippen LogP contribution in [-0.2, 0) is 13.6 Å². The number of hydrogen-bond donors (Lipinski definition) is 0. The largest absolute Gasteiger partial charge is 0.336 e. The lowest BCUT2D eigenvalue weighted by Crippen LogP contribution is -2.49. The Balaban J connectivity index is 1.48. The van der Waals surface area contributed by atoms with Gasteiger partial charge in [0.25, 0.3) is 11.5 Å². The highest BCUT2D eigenvalue weighted by Crippen LogP contribution is 2.36. The van der Waals surface area contributed by atoms with Crippen LogP contribution >= 0.6 is 0 Å². The predicted molar refractivity (Wildman–Crippen MR) is 104 cm³/mol. The van der Waals surface area contributed by atoms with Crippen molar-refractivity contribution in [3.8, 4) is 11.4 Å². The van der Waals surface area contributed by atoms with Crippen molar-refractivity contribution in [2.45, 2.75) is 18.9 Å². The molecule has 3 aromatic heterocycles. The van der Waals surface area contributed by atoms with Gasteiger partial charge in [0.1, 0.15) is 5.82 Å². The number of hydrogen-bond acceptors (Lipinski definition) is 4. The molecule has 2 aliphatic heterocycles. The SMILES string of the molecule is Cn1ccnc1-c1ccc2n(c1=O)C[C@H]1C[C@@H]2CN(C(=O)c2ncccc2F)C1. The fourth-order valence-electron chi connectivity index (χ4n) is 4.60. The molecule has 3 aromatic rings. The van der Waals surface area contributed by atoms with Crippen LogP contribution < -0.4 is 5.56 Å². The number of amides is 1. The summed E-state index contributed by atoms with van der Waals surface area (Å²) in [6.07, 6.45) is 5.83. The Morgan fingerprint density at radius 2 is 2.00 bits per heavy atom. The van der Waals surface area contributed by atoms with E-state index in [0.717, 1.165) is 12.1 Å². The van der Waals surface area contributed by atoms with Crippen molar-refractivity contribution in [3.05, 3.63) is 70.4 Å². The van der Waals surface area contributed by atoms with Gasteiger partial charge in [0.15, 0.2) is 11.5 Å². The predicted octanol–water partition coefficient (Wildman–Crippen LogP) is 2.04. The highest BCUT2D eigenvalue weighted by molar-refractivity contribution is 5.92. The second-order valence-corrected chi connectivity index (χ2v) is 7.79. The van der Waals surface area contributed by atoms with Crippen LogP contribution in [0.25, 0.3) is 11.4 Å². The van der Waals surface area contributed by atoms with Crippen molar-refractivity contribution >= 4 is 5.91 Å². The highest BCUT2D eigenvalue weighted by Gasteiger charge is 2.37. The number of halogens is 1. The fraction of sp³-hybridized carbons (Fsp3) is 0.333. The zero-order chi connectivity index (χ0) is 20.1. The smallest absolute Gasteiger partial charge is 0.275 e. The van der Waals surface area contributed by atoms with E-state index in [-0.39, 0.29) is 23.1 Å². The molecule has 1 amide bonds. The maximum Gasteiger partial charge on any atom is 0.275 e. The van der Waals surface area contributed by atoms with Gasteiger partial charge in [-0.25, -0.2) is 14.4 Å². The van der Waals surface area contributed by atoms with E-state index in [2.05, 4.69) is 9.97 Å². The van der Waals surface area contributed by atoms with Gasteiger partial charge in [0, 0.05) is 56.9 Å². The molecule has 5 heterocycles. The molecular weight excluding hydrogens is 373 g/mol. The van der Waals surface area contributed by atoms with Gasteiger partial charge in [-0.1, -0.05) is 0 Å². The van der Waals surface area contributed by atoms with E-state index in [4.69, 9.17) is 0 Å². The van der Waals surface area contributed by atoms with Gasteiger partial charge in [0.05, 0.1) is 5.56 Å². The minimum Gasteiger partial charge on any atom is -0.336 e. The maximum atomic E-state index is 14.0. The Labute approximate surface area is 166 Å². The number of rotatable bonds is 2. The molecule has 0 unspecified atom stereocenters. The summed E-state index contributed by atoms with van der Waals surface area (Å²) in [5.41, 5.74) is 1.30. The molecule has 0 spiro atoms. The number of carbonyl (C=O) groups excluding carboxylic acids is 1. The van der Waals surface area contributed by atoms with Gasteiger partial charge in [-0.3, -0.25) is 9.59 Å². The molecule has 2 atom stereocenters. The first-order valence-corrected chi connectivity index (χ1v) is 9.64. The average molecular weight is 393 g/mol. The van der Waals surface area contributed by atoms with Gasteiger partial charge in [0.2, 0.25) is 0 Å². The van der Waals surface area contributed by atoms with E-state index in [0.29, 0.717) is 31.0 Å². The third kappa shape index (κ3) is 2.86. The summed E-state index contributed by atoms with van der Waals surface area (Å²) in [6, 6.07) is 6.50. The van der Waals surface area contributed by atoms with Crippen LogP contribution in [0.15, 0.2) is 47.7 Å². The molecular formula is C21H20FN5O2. The van der Waals surface area contributed by atoms with Crippen molar-refractivity contribution in [2.24, 2.45) is 13.0 Å². The van der Waals surface area contributed by atoms with Crippen LogP contribution in [0.4, 0.5) is 4.39 Å². The first-order chi connectivity index (χ1) is 14.0. The van der Waals surface area contributed by atoms with Crippen LogP contribution in [0.2, 0.25) is 0 Å². The summed E-state index contributed by atoms with van der Waals surface area (Å²) in [5, 5.41) is 0. The Kier molecular flexibility index (Phi) is 4.08. The summed E-state index contributed by atoms with van der Waals surface area (Å²) < 4.78 is 17.7. The third-order valence-corrected chi connectivity index (χ3v) is 5.91. The maximum absolute atomic E-state index is 14.0. The third-order valence-electron chi connectivity index (χ3n) is 5.91. The molecule has 0 saturated carbocycles. The van der Waals surface area contributed by atoms with Gasteiger partial charge >= 0.3 is 0 Å². The van der Waals surface area contributed by atoms with E-state index in [9.17, 15) is 14.0 Å². The quantitative estimate of drug-likeness (QED) is 0.668. The lowest BCUT2D eigenvalue weighted by Gasteiger charge is -2.42. The summed E-state index contributed by atoms with van der Waals surface area (Å²) in [4.78, 5) is 35.9. The number of pyridine rings is 2. The molecule has 2 bridgehead atoms. The van der Waals surface area contributed by atoms with E-state index in [1.807, 2.05) is 34.5 Å². The number of aromatic nitrogens is 4. The summed E-state index contributed by atoms with van der Waals surface area (Å²) >= 11 is 0. The first kappa shape index (κ1) is 17.8. The van der Waals surface area contributed by atoms with E-state index >= 15 is 0 Å².